The zero-order chi connectivity index (χ0) is 9.68. The summed E-state index contributed by atoms with van der Waals surface area (Å²) in [5, 5.41) is 10.0. The fourth-order valence-electron chi connectivity index (χ4n) is 0.844. The van der Waals surface area contributed by atoms with Crippen molar-refractivity contribution >= 4 is 21.6 Å². The average molecular weight is 240 g/mol. The lowest BCUT2D eigenvalue weighted by Gasteiger charge is -1.97. The highest BCUT2D eigenvalue weighted by Crippen LogP contribution is 2.19. The first-order valence-electron chi connectivity index (χ1n) is 3.87. The van der Waals surface area contributed by atoms with Gasteiger partial charge in [-0.15, -0.1) is 0 Å². The Morgan fingerprint density at radius 2 is 2.23 bits per heavy atom. The van der Waals surface area contributed by atoms with Crippen LogP contribution in [0, 0.1) is 11.8 Å². The lowest BCUT2D eigenvalue weighted by molar-refractivity contribution is 0.478. The van der Waals surface area contributed by atoms with Gasteiger partial charge in [-0.2, -0.15) is 0 Å². The number of rotatable bonds is 1. The van der Waals surface area contributed by atoms with Crippen molar-refractivity contribution in [1.82, 2.24) is 0 Å². The number of hydrogen-bond donors (Lipinski definition) is 2. The van der Waals surface area contributed by atoms with Crippen molar-refractivity contribution in [2.24, 2.45) is 0 Å². The Morgan fingerprint density at radius 3 is 2.85 bits per heavy atom. The number of anilines is 1. The Kier molecular flexibility index (Phi) is 3.66. The summed E-state index contributed by atoms with van der Waals surface area (Å²) in [5.74, 6) is 6.01. The van der Waals surface area contributed by atoms with E-state index in [2.05, 4.69) is 27.8 Å². The normalized spacial score (nSPS) is 9.00. The lowest BCUT2D eigenvalue weighted by Crippen LogP contribution is -1.86. The van der Waals surface area contributed by atoms with Gasteiger partial charge in [0, 0.05) is 17.3 Å². The van der Waals surface area contributed by atoms with Crippen LogP contribution in [0.15, 0.2) is 18.2 Å². The highest BCUT2D eigenvalue weighted by Gasteiger charge is 1.95. The molecule has 0 aromatic heterocycles. The highest BCUT2D eigenvalue weighted by molar-refractivity contribution is 9.09. The second-order valence-corrected chi connectivity index (χ2v) is 3.31. The summed E-state index contributed by atoms with van der Waals surface area (Å²) >= 11 is 3.28. The van der Waals surface area contributed by atoms with Gasteiger partial charge in [-0.25, -0.2) is 0 Å². The zero-order valence-corrected chi connectivity index (χ0v) is 8.63. The van der Waals surface area contributed by atoms with Crippen LogP contribution in [0.25, 0.3) is 0 Å². The molecule has 0 amide bonds. The van der Waals surface area contributed by atoms with E-state index in [9.17, 15) is 0 Å². The first-order valence-corrected chi connectivity index (χ1v) is 4.99. The van der Waals surface area contributed by atoms with E-state index in [1.165, 1.54) is 0 Å². The third kappa shape index (κ3) is 3.00. The molecule has 0 saturated heterocycles. The first kappa shape index (κ1) is 9.94. The van der Waals surface area contributed by atoms with Gasteiger partial charge in [0.2, 0.25) is 0 Å². The van der Waals surface area contributed by atoms with E-state index in [1.807, 2.05) is 0 Å². The molecule has 0 saturated carbocycles. The Labute approximate surface area is 85.9 Å². The second-order valence-electron chi connectivity index (χ2n) is 2.51. The van der Waals surface area contributed by atoms with Crippen molar-refractivity contribution in [2.45, 2.75) is 6.42 Å². The van der Waals surface area contributed by atoms with Crippen molar-refractivity contribution in [3.63, 3.8) is 0 Å². The Morgan fingerprint density at radius 1 is 1.46 bits per heavy atom. The van der Waals surface area contributed by atoms with Crippen LogP contribution >= 0.6 is 15.9 Å². The Hall–Kier alpha value is -1.14. The van der Waals surface area contributed by atoms with E-state index in [0.29, 0.717) is 5.69 Å². The predicted octanol–water partition coefficient (Wildman–Crippen LogP) is 2.11. The van der Waals surface area contributed by atoms with Crippen molar-refractivity contribution in [3.8, 4) is 17.6 Å². The molecule has 0 aliphatic carbocycles. The maximum atomic E-state index is 9.13. The van der Waals surface area contributed by atoms with Gasteiger partial charge in [0.1, 0.15) is 5.75 Å². The van der Waals surface area contributed by atoms with Gasteiger partial charge in [-0.05, 0) is 18.2 Å². The SMILES string of the molecule is Nc1cc(C#CCCBr)ccc1O. The highest BCUT2D eigenvalue weighted by atomic mass is 79.9. The number of nitrogens with two attached hydrogens (primary N) is 1. The standard InChI is InChI=1S/C10H10BrNO/c11-6-2-1-3-8-4-5-10(13)9(12)7-8/h4-5,7,13H,2,6,12H2. The fraction of sp³-hybridized carbons (Fsp3) is 0.200. The maximum Gasteiger partial charge on any atom is 0.138 e. The summed E-state index contributed by atoms with van der Waals surface area (Å²) in [6.45, 7) is 0. The van der Waals surface area contributed by atoms with E-state index < -0.39 is 0 Å². The number of alkyl halides is 1. The molecule has 13 heavy (non-hydrogen) atoms. The molecule has 1 aromatic rings. The molecule has 0 radical (unpaired) electrons. The van der Waals surface area contributed by atoms with Crippen molar-refractivity contribution in [1.29, 1.82) is 0 Å². The van der Waals surface area contributed by atoms with Gasteiger partial charge < -0.3 is 10.8 Å². The number of phenolic OH excluding ortho intramolecular Hbond substituents is 1. The van der Waals surface area contributed by atoms with Crippen molar-refractivity contribution in [3.05, 3.63) is 23.8 Å². The van der Waals surface area contributed by atoms with Gasteiger partial charge in [0.15, 0.2) is 0 Å². The molecule has 2 nitrogen and oxygen atoms in total. The number of nitrogen functional groups attached to an aromatic ring is 1. The van der Waals surface area contributed by atoms with Gasteiger partial charge in [-0.3, -0.25) is 0 Å². The van der Waals surface area contributed by atoms with Crippen LogP contribution in [0.3, 0.4) is 0 Å². The van der Waals surface area contributed by atoms with Crippen LogP contribution in [0.2, 0.25) is 0 Å². The Balaban J connectivity index is 2.81. The third-order valence-corrected chi connectivity index (χ3v) is 1.88. The zero-order valence-electron chi connectivity index (χ0n) is 7.05. The van der Waals surface area contributed by atoms with Gasteiger partial charge >= 0.3 is 0 Å². The van der Waals surface area contributed by atoms with Gasteiger partial charge in [-0.1, -0.05) is 27.8 Å². The number of halogens is 1. The van der Waals surface area contributed by atoms with E-state index in [-0.39, 0.29) is 5.75 Å². The van der Waals surface area contributed by atoms with E-state index in [4.69, 9.17) is 10.8 Å². The third-order valence-electron chi connectivity index (χ3n) is 1.48. The molecule has 0 aliphatic rings. The van der Waals surface area contributed by atoms with Crippen LogP contribution in [0.5, 0.6) is 5.75 Å². The number of aromatic hydroxyl groups is 1. The van der Waals surface area contributed by atoms with Crippen LogP contribution < -0.4 is 5.73 Å². The second kappa shape index (κ2) is 4.78. The fourth-order valence-corrected chi connectivity index (χ4v) is 1.04. The van der Waals surface area contributed by atoms with Crippen molar-refractivity contribution in [2.75, 3.05) is 11.1 Å². The quantitative estimate of drug-likeness (QED) is 0.342. The number of hydrogen-bond acceptors (Lipinski definition) is 2. The molecule has 0 unspecified atom stereocenters. The van der Waals surface area contributed by atoms with E-state index in [1.54, 1.807) is 18.2 Å². The van der Waals surface area contributed by atoms with Crippen LogP contribution in [0.1, 0.15) is 12.0 Å². The summed E-state index contributed by atoms with van der Waals surface area (Å²) < 4.78 is 0. The van der Waals surface area contributed by atoms with Crippen LogP contribution in [-0.4, -0.2) is 10.4 Å². The van der Waals surface area contributed by atoms with E-state index >= 15 is 0 Å². The minimum Gasteiger partial charge on any atom is -0.506 e. The monoisotopic (exact) mass is 239 g/mol. The molecule has 0 bridgehead atoms. The molecule has 1 rings (SSSR count). The largest absolute Gasteiger partial charge is 0.506 e. The molecule has 3 heteroatoms. The average Bonchev–Trinajstić information content (AvgIpc) is 2.12. The van der Waals surface area contributed by atoms with Crippen LogP contribution in [-0.2, 0) is 0 Å². The topological polar surface area (TPSA) is 46.2 Å². The summed E-state index contributed by atoms with van der Waals surface area (Å²) in [4.78, 5) is 0. The summed E-state index contributed by atoms with van der Waals surface area (Å²) in [7, 11) is 0. The molecule has 0 aliphatic heterocycles. The van der Waals surface area contributed by atoms with Gasteiger partial charge in [0.25, 0.3) is 0 Å². The molecule has 0 fully saturated rings. The Bertz CT molecular complexity index is 352. The molecule has 0 spiro atoms. The summed E-state index contributed by atoms with van der Waals surface area (Å²) in [5.41, 5.74) is 6.69. The minimum atomic E-state index is 0.103. The molecule has 68 valence electrons. The summed E-state index contributed by atoms with van der Waals surface area (Å²) in [6, 6.07) is 4.96. The molecule has 0 heterocycles. The lowest BCUT2D eigenvalue weighted by atomic mass is 10.2. The molecule has 3 N–H and O–H groups in total. The molecule has 0 atom stereocenters. The van der Waals surface area contributed by atoms with Crippen LogP contribution in [0.4, 0.5) is 5.69 Å². The van der Waals surface area contributed by atoms with Gasteiger partial charge in [0.05, 0.1) is 5.69 Å². The number of phenols is 1. The molecule has 1 aromatic carbocycles. The maximum absolute atomic E-state index is 9.13. The predicted molar refractivity (Wildman–Crippen MR) is 57.8 cm³/mol. The van der Waals surface area contributed by atoms with Crippen molar-refractivity contribution < 1.29 is 5.11 Å². The smallest absolute Gasteiger partial charge is 0.138 e. The van der Waals surface area contributed by atoms with E-state index in [0.717, 1.165) is 17.3 Å². The minimum absolute atomic E-state index is 0.103. The number of benzene rings is 1. The molecular formula is C10H10BrNO. The first-order chi connectivity index (χ1) is 6.24. The summed E-state index contributed by atoms with van der Waals surface area (Å²) in [6.07, 6.45) is 0.806. The molecular weight excluding hydrogens is 230 g/mol.